The van der Waals surface area contributed by atoms with Crippen LogP contribution in [0.15, 0.2) is 48.5 Å². The first-order valence-corrected chi connectivity index (χ1v) is 7.75. The van der Waals surface area contributed by atoms with Crippen molar-refractivity contribution in [3.05, 3.63) is 71.3 Å². The van der Waals surface area contributed by atoms with E-state index in [1.807, 2.05) is 0 Å². The van der Waals surface area contributed by atoms with Gasteiger partial charge in [0.1, 0.15) is 0 Å². The molecule has 6 heteroatoms. The second-order valence-electron chi connectivity index (χ2n) is 6.13. The maximum atomic E-state index is 13.3. The maximum Gasteiger partial charge on any atom is 0.221 e. The molecule has 2 aromatic rings. The van der Waals surface area contributed by atoms with E-state index in [0.717, 1.165) is 12.1 Å². The Morgan fingerprint density at radius 2 is 1.76 bits per heavy atom. The van der Waals surface area contributed by atoms with Crippen LogP contribution in [0, 0.1) is 11.6 Å². The smallest absolute Gasteiger partial charge is 0.221 e. The van der Waals surface area contributed by atoms with Gasteiger partial charge in [-0.05, 0) is 37.1 Å². The molecule has 0 unspecified atom stereocenters. The molecule has 0 aliphatic rings. The highest BCUT2D eigenvalue weighted by Crippen LogP contribution is 2.27. The number of hydrogen-bond acceptors (Lipinski definition) is 3. The molecule has 0 heterocycles. The van der Waals surface area contributed by atoms with Crippen molar-refractivity contribution in [2.24, 2.45) is 0 Å². The van der Waals surface area contributed by atoms with Gasteiger partial charge in [-0.1, -0.05) is 36.4 Å². The first-order valence-electron chi connectivity index (χ1n) is 7.75. The zero-order valence-electron chi connectivity index (χ0n) is 13.9. The van der Waals surface area contributed by atoms with E-state index in [4.69, 9.17) is 0 Å². The van der Waals surface area contributed by atoms with Crippen molar-refractivity contribution < 1.29 is 23.5 Å². The van der Waals surface area contributed by atoms with Gasteiger partial charge >= 0.3 is 0 Å². The number of aliphatic carboxylic acids is 1. The summed E-state index contributed by atoms with van der Waals surface area (Å²) in [5.41, 5.74) is -0.674. The molecule has 0 aromatic heterocycles. The van der Waals surface area contributed by atoms with Crippen molar-refractivity contribution in [1.82, 2.24) is 5.32 Å². The van der Waals surface area contributed by atoms with Gasteiger partial charge < -0.3 is 15.2 Å². The summed E-state index contributed by atoms with van der Waals surface area (Å²) in [6.07, 6.45) is -0.340. The highest BCUT2D eigenvalue weighted by Gasteiger charge is 2.31. The van der Waals surface area contributed by atoms with Crippen molar-refractivity contribution in [3.8, 4) is 0 Å². The molecule has 0 saturated heterocycles. The molecule has 2 aromatic carbocycles. The number of carboxylic acid groups (broad SMARTS) is 1. The molecule has 4 nitrogen and oxygen atoms in total. The molecule has 0 radical (unpaired) electrons. The van der Waals surface area contributed by atoms with Gasteiger partial charge in [-0.25, -0.2) is 8.78 Å². The van der Waals surface area contributed by atoms with Gasteiger partial charge in [0.05, 0.1) is 12.0 Å². The second-order valence-corrected chi connectivity index (χ2v) is 6.13. The number of nitrogens with one attached hydrogen (secondary N) is 1. The Labute approximate surface area is 144 Å². The first-order chi connectivity index (χ1) is 11.7. The third-order valence-electron chi connectivity index (χ3n) is 4.20. The molecule has 0 aliphatic carbocycles. The van der Waals surface area contributed by atoms with Crippen LogP contribution in [0.2, 0.25) is 0 Å². The molecule has 0 fully saturated rings. The molecule has 2 atom stereocenters. The van der Waals surface area contributed by atoms with Crippen molar-refractivity contribution in [2.45, 2.75) is 31.7 Å². The minimum absolute atomic E-state index is 0.340. The molecule has 0 aliphatic heterocycles. The summed E-state index contributed by atoms with van der Waals surface area (Å²) < 4.78 is 26.3. The van der Waals surface area contributed by atoms with Crippen LogP contribution in [-0.2, 0) is 15.0 Å². The van der Waals surface area contributed by atoms with E-state index in [2.05, 4.69) is 5.32 Å². The van der Waals surface area contributed by atoms with Crippen molar-refractivity contribution >= 4 is 11.9 Å². The van der Waals surface area contributed by atoms with E-state index in [-0.39, 0.29) is 6.42 Å². The van der Waals surface area contributed by atoms with Gasteiger partial charge in [0.2, 0.25) is 5.91 Å². The lowest BCUT2D eigenvalue weighted by atomic mass is 9.79. The van der Waals surface area contributed by atoms with Gasteiger partial charge in [0, 0.05) is 11.8 Å². The van der Waals surface area contributed by atoms with Gasteiger partial charge in [0.25, 0.3) is 0 Å². The lowest BCUT2D eigenvalue weighted by molar-refractivity contribution is -0.313. The summed E-state index contributed by atoms with van der Waals surface area (Å²) in [6, 6.07) is 11.0. The molecule has 1 N–H and O–H groups in total. The molecule has 0 spiro atoms. The quantitative estimate of drug-likeness (QED) is 0.872. The van der Waals surface area contributed by atoms with Crippen LogP contribution in [0.4, 0.5) is 8.78 Å². The molecular weight excluding hydrogens is 328 g/mol. The number of carboxylic acids is 1. The van der Waals surface area contributed by atoms with Crippen LogP contribution in [-0.4, -0.2) is 11.9 Å². The average molecular weight is 346 g/mol. The van der Waals surface area contributed by atoms with E-state index in [0.29, 0.717) is 11.1 Å². The van der Waals surface area contributed by atoms with Gasteiger partial charge in [-0.3, -0.25) is 4.79 Å². The largest absolute Gasteiger partial charge is 0.549 e. The van der Waals surface area contributed by atoms with Crippen LogP contribution in [0.5, 0.6) is 0 Å². The summed E-state index contributed by atoms with van der Waals surface area (Å²) in [4.78, 5) is 23.9. The van der Waals surface area contributed by atoms with Crippen molar-refractivity contribution in [2.75, 3.05) is 0 Å². The zero-order chi connectivity index (χ0) is 18.6. The van der Waals surface area contributed by atoms with Crippen molar-refractivity contribution in [3.63, 3.8) is 0 Å². The number of rotatable bonds is 6. The van der Waals surface area contributed by atoms with Crippen LogP contribution in [0.3, 0.4) is 0 Å². The predicted octanol–water partition coefficient (Wildman–Crippen LogP) is 2.24. The molecule has 132 valence electrons. The van der Waals surface area contributed by atoms with Crippen LogP contribution >= 0.6 is 0 Å². The lowest BCUT2D eigenvalue weighted by Crippen LogP contribution is -2.47. The summed E-state index contributed by atoms with van der Waals surface area (Å²) in [6.45, 7) is 3.02. The Morgan fingerprint density at radius 1 is 1.12 bits per heavy atom. The third kappa shape index (κ3) is 4.21. The van der Waals surface area contributed by atoms with Gasteiger partial charge in [-0.15, -0.1) is 0 Å². The lowest BCUT2D eigenvalue weighted by Gasteiger charge is -2.31. The number of halogens is 2. The molecular formula is C19H18F2NO3-. The Morgan fingerprint density at radius 3 is 2.32 bits per heavy atom. The Kier molecular flexibility index (Phi) is 5.51. The number of benzene rings is 2. The van der Waals surface area contributed by atoms with E-state index < -0.39 is 35.0 Å². The topological polar surface area (TPSA) is 69.2 Å². The SMILES string of the molecule is C[C@H](NC(=O)C[C@@](C)(C(=O)[O-])c1ccccc1)c1ccc(F)c(F)c1. The van der Waals surface area contributed by atoms with E-state index in [1.165, 1.54) is 13.0 Å². The highest BCUT2D eigenvalue weighted by atomic mass is 19.2. The van der Waals surface area contributed by atoms with E-state index >= 15 is 0 Å². The van der Waals surface area contributed by atoms with E-state index in [1.54, 1.807) is 37.3 Å². The summed E-state index contributed by atoms with van der Waals surface area (Å²) in [7, 11) is 0. The Hall–Kier alpha value is -2.76. The van der Waals surface area contributed by atoms with E-state index in [9.17, 15) is 23.5 Å². The summed E-state index contributed by atoms with van der Waals surface area (Å²) >= 11 is 0. The third-order valence-corrected chi connectivity index (χ3v) is 4.20. The van der Waals surface area contributed by atoms with Gasteiger partial charge in [-0.2, -0.15) is 0 Å². The fourth-order valence-corrected chi connectivity index (χ4v) is 2.58. The zero-order valence-corrected chi connectivity index (χ0v) is 13.9. The highest BCUT2D eigenvalue weighted by molar-refractivity contribution is 5.88. The molecule has 2 rings (SSSR count). The second kappa shape index (κ2) is 7.42. The molecule has 1 amide bonds. The fraction of sp³-hybridized carbons (Fsp3) is 0.263. The number of hydrogen-bond donors (Lipinski definition) is 1. The number of carbonyl (C=O) groups excluding carboxylic acids is 2. The first kappa shape index (κ1) is 18.6. The van der Waals surface area contributed by atoms with Crippen LogP contribution < -0.4 is 10.4 Å². The predicted molar refractivity (Wildman–Crippen MR) is 86.3 cm³/mol. The Bertz CT molecular complexity index is 779. The summed E-state index contributed by atoms with van der Waals surface area (Å²) in [5.74, 6) is -3.89. The van der Waals surface area contributed by atoms with Crippen LogP contribution in [0.1, 0.15) is 37.4 Å². The van der Waals surface area contributed by atoms with Crippen LogP contribution in [0.25, 0.3) is 0 Å². The average Bonchev–Trinajstić information content (AvgIpc) is 2.57. The minimum Gasteiger partial charge on any atom is -0.549 e. The fourth-order valence-electron chi connectivity index (χ4n) is 2.58. The molecule has 25 heavy (non-hydrogen) atoms. The monoisotopic (exact) mass is 346 g/mol. The maximum absolute atomic E-state index is 13.3. The number of amides is 1. The molecule has 0 bridgehead atoms. The number of carbonyl (C=O) groups is 2. The summed E-state index contributed by atoms with van der Waals surface area (Å²) in [5, 5.41) is 14.2. The van der Waals surface area contributed by atoms with Crippen molar-refractivity contribution in [1.29, 1.82) is 0 Å². The molecule has 0 saturated carbocycles. The standard InChI is InChI=1S/C19H19F2NO3/c1-12(13-8-9-15(20)16(21)10-13)22-17(23)11-19(2,18(24)25)14-6-4-3-5-7-14/h3-10,12H,11H2,1-2H3,(H,22,23)(H,24,25)/p-1/t12-,19+/m0/s1. The van der Waals surface area contributed by atoms with Gasteiger partial charge in [0.15, 0.2) is 11.6 Å². The normalized spacial score (nSPS) is 14.4. The Balaban J connectivity index is 2.14. The minimum atomic E-state index is -1.50.